The summed E-state index contributed by atoms with van der Waals surface area (Å²) in [5.41, 5.74) is 1.28. The smallest absolute Gasteiger partial charge is 0.287 e. The standard InChI is InChI=1S/C19H24N2O4/c1-12-14-9-6-10-15(24-2)18(14)25-17(12)19(23)20-11-16(22)21-13-7-4-3-5-8-13/h6,9-10,13H,3-5,7-8,11H2,1-2H3,(H,20,23)(H,21,22). The summed E-state index contributed by atoms with van der Waals surface area (Å²) >= 11 is 0. The zero-order valence-electron chi connectivity index (χ0n) is 14.7. The number of fused-ring (bicyclic) bond motifs is 1. The zero-order valence-corrected chi connectivity index (χ0v) is 14.7. The lowest BCUT2D eigenvalue weighted by atomic mass is 9.95. The largest absolute Gasteiger partial charge is 0.493 e. The Kier molecular flexibility index (Phi) is 5.26. The maximum absolute atomic E-state index is 12.4. The molecule has 1 aliphatic carbocycles. The fraction of sp³-hybridized carbons (Fsp3) is 0.474. The first-order valence-electron chi connectivity index (χ1n) is 8.74. The van der Waals surface area contributed by atoms with Crippen LogP contribution in [0.3, 0.4) is 0 Å². The summed E-state index contributed by atoms with van der Waals surface area (Å²) in [5, 5.41) is 6.45. The first kappa shape index (κ1) is 17.3. The minimum Gasteiger partial charge on any atom is -0.493 e. The van der Waals surface area contributed by atoms with Gasteiger partial charge in [0.25, 0.3) is 5.91 Å². The van der Waals surface area contributed by atoms with E-state index in [1.165, 1.54) is 6.42 Å². The predicted molar refractivity (Wildman–Crippen MR) is 94.9 cm³/mol. The van der Waals surface area contributed by atoms with Gasteiger partial charge in [0.2, 0.25) is 5.91 Å². The van der Waals surface area contributed by atoms with Crippen molar-refractivity contribution in [1.82, 2.24) is 10.6 Å². The van der Waals surface area contributed by atoms with Gasteiger partial charge in [-0.2, -0.15) is 0 Å². The average Bonchev–Trinajstić information content (AvgIpc) is 2.97. The molecule has 25 heavy (non-hydrogen) atoms. The highest BCUT2D eigenvalue weighted by atomic mass is 16.5. The van der Waals surface area contributed by atoms with Crippen molar-refractivity contribution in [3.63, 3.8) is 0 Å². The summed E-state index contributed by atoms with van der Waals surface area (Å²) in [6.07, 6.45) is 5.57. The van der Waals surface area contributed by atoms with E-state index in [-0.39, 0.29) is 24.3 Å². The molecule has 1 aliphatic rings. The average molecular weight is 344 g/mol. The highest BCUT2D eigenvalue weighted by Crippen LogP contribution is 2.32. The number of methoxy groups -OCH3 is 1. The van der Waals surface area contributed by atoms with Crippen molar-refractivity contribution < 1.29 is 18.7 Å². The van der Waals surface area contributed by atoms with E-state index in [1.807, 2.05) is 19.1 Å². The van der Waals surface area contributed by atoms with Crippen LogP contribution >= 0.6 is 0 Å². The molecule has 1 saturated carbocycles. The quantitative estimate of drug-likeness (QED) is 0.874. The molecule has 3 rings (SSSR count). The number of carbonyl (C=O) groups excluding carboxylic acids is 2. The SMILES string of the molecule is COc1cccc2c(C)c(C(=O)NCC(=O)NC3CCCCC3)oc12. The van der Waals surface area contributed by atoms with Crippen LogP contribution in [0.5, 0.6) is 5.75 Å². The van der Waals surface area contributed by atoms with Gasteiger partial charge < -0.3 is 19.8 Å². The van der Waals surface area contributed by atoms with Crippen molar-refractivity contribution in [2.75, 3.05) is 13.7 Å². The molecule has 1 aromatic carbocycles. The Bertz CT molecular complexity index is 775. The van der Waals surface area contributed by atoms with Crippen molar-refractivity contribution in [2.45, 2.75) is 45.1 Å². The van der Waals surface area contributed by atoms with E-state index in [4.69, 9.17) is 9.15 Å². The summed E-state index contributed by atoms with van der Waals surface area (Å²) in [6, 6.07) is 5.74. The van der Waals surface area contributed by atoms with Gasteiger partial charge in [0.15, 0.2) is 17.1 Å². The van der Waals surface area contributed by atoms with Gasteiger partial charge in [0, 0.05) is 17.0 Å². The lowest BCUT2D eigenvalue weighted by molar-refractivity contribution is -0.121. The molecular formula is C19H24N2O4. The van der Waals surface area contributed by atoms with Gasteiger partial charge in [-0.25, -0.2) is 0 Å². The lowest BCUT2D eigenvalue weighted by Gasteiger charge is -2.22. The molecule has 0 bridgehead atoms. The van der Waals surface area contributed by atoms with Crippen LogP contribution < -0.4 is 15.4 Å². The summed E-state index contributed by atoms with van der Waals surface area (Å²) in [5.74, 6) is 0.237. The third-order valence-corrected chi connectivity index (χ3v) is 4.73. The van der Waals surface area contributed by atoms with Gasteiger partial charge in [0.1, 0.15) is 0 Å². The summed E-state index contributed by atoms with van der Waals surface area (Å²) < 4.78 is 11.0. The normalized spacial score (nSPS) is 15.1. The number of rotatable bonds is 5. The van der Waals surface area contributed by atoms with Crippen LogP contribution in [0.4, 0.5) is 0 Å². The van der Waals surface area contributed by atoms with Crippen molar-refractivity contribution in [3.05, 3.63) is 29.5 Å². The molecule has 1 heterocycles. The van der Waals surface area contributed by atoms with E-state index < -0.39 is 5.91 Å². The minimum atomic E-state index is -0.394. The molecule has 0 unspecified atom stereocenters. The summed E-state index contributed by atoms with van der Waals surface area (Å²) in [6.45, 7) is 1.77. The molecule has 6 heteroatoms. The molecule has 2 aromatic rings. The van der Waals surface area contributed by atoms with Crippen LogP contribution in [0.1, 0.15) is 48.2 Å². The van der Waals surface area contributed by atoms with Crippen LogP contribution in [0.15, 0.2) is 22.6 Å². The van der Waals surface area contributed by atoms with Gasteiger partial charge in [-0.15, -0.1) is 0 Å². The molecule has 2 N–H and O–H groups in total. The maximum Gasteiger partial charge on any atom is 0.287 e. The number of amides is 2. The fourth-order valence-corrected chi connectivity index (χ4v) is 3.36. The van der Waals surface area contributed by atoms with Crippen LogP contribution in [0.25, 0.3) is 11.0 Å². The summed E-state index contributed by atoms with van der Waals surface area (Å²) in [4.78, 5) is 24.4. The molecule has 1 fully saturated rings. The van der Waals surface area contributed by atoms with Gasteiger partial charge >= 0.3 is 0 Å². The van der Waals surface area contributed by atoms with E-state index in [2.05, 4.69) is 10.6 Å². The number of aryl methyl sites for hydroxylation is 1. The van der Waals surface area contributed by atoms with Gasteiger partial charge in [-0.1, -0.05) is 31.4 Å². The molecule has 0 spiro atoms. The molecule has 0 saturated heterocycles. The molecule has 1 aromatic heterocycles. The number of benzene rings is 1. The first-order valence-corrected chi connectivity index (χ1v) is 8.74. The third kappa shape index (κ3) is 3.78. The number of para-hydroxylation sites is 1. The summed E-state index contributed by atoms with van der Waals surface area (Å²) in [7, 11) is 1.56. The topological polar surface area (TPSA) is 80.6 Å². The first-order chi connectivity index (χ1) is 12.1. The molecule has 0 aliphatic heterocycles. The predicted octanol–water partition coefficient (Wildman–Crippen LogP) is 2.93. The number of carbonyl (C=O) groups is 2. The van der Waals surface area contributed by atoms with E-state index in [0.717, 1.165) is 36.6 Å². The monoisotopic (exact) mass is 344 g/mol. The molecule has 6 nitrogen and oxygen atoms in total. The van der Waals surface area contributed by atoms with E-state index in [1.54, 1.807) is 13.2 Å². The third-order valence-electron chi connectivity index (χ3n) is 4.73. The Morgan fingerprint density at radius 2 is 2.00 bits per heavy atom. The Morgan fingerprint density at radius 3 is 2.72 bits per heavy atom. The Labute approximate surface area is 146 Å². The number of nitrogens with one attached hydrogen (secondary N) is 2. The molecule has 0 radical (unpaired) electrons. The lowest BCUT2D eigenvalue weighted by Crippen LogP contribution is -2.42. The van der Waals surface area contributed by atoms with E-state index in [0.29, 0.717) is 11.3 Å². The number of ether oxygens (including phenoxy) is 1. The van der Waals surface area contributed by atoms with Crippen LogP contribution in [0, 0.1) is 6.92 Å². The van der Waals surface area contributed by atoms with Crippen molar-refractivity contribution in [2.24, 2.45) is 0 Å². The van der Waals surface area contributed by atoms with Gasteiger partial charge in [-0.3, -0.25) is 9.59 Å². The highest BCUT2D eigenvalue weighted by Gasteiger charge is 2.21. The Hall–Kier alpha value is -2.50. The highest BCUT2D eigenvalue weighted by molar-refractivity contribution is 6.01. The molecule has 0 atom stereocenters. The zero-order chi connectivity index (χ0) is 17.8. The second kappa shape index (κ2) is 7.59. The number of furan rings is 1. The van der Waals surface area contributed by atoms with Gasteiger partial charge in [0.05, 0.1) is 13.7 Å². The van der Waals surface area contributed by atoms with E-state index >= 15 is 0 Å². The van der Waals surface area contributed by atoms with Crippen molar-refractivity contribution >= 4 is 22.8 Å². The molecule has 134 valence electrons. The van der Waals surface area contributed by atoms with Crippen molar-refractivity contribution in [1.29, 1.82) is 0 Å². The van der Waals surface area contributed by atoms with E-state index in [9.17, 15) is 9.59 Å². The fourth-order valence-electron chi connectivity index (χ4n) is 3.36. The van der Waals surface area contributed by atoms with Crippen LogP contribution in [-0.2, 0) is 4.79 Å². The molecule has 2 amide bonds. The van der Waals surface area contributed by atoms with Crippen LogP contribution in [-0.4, -0.2) is 31.5 Å². The molecular weight excluding hydrogens is 320 g/mol. The van der Waals surface area contributed by atoms with Crippen LogP contribution in [0.2, 0.25) is 0 Å². The number of hydrogen-bond acceptors (Lipinski definition) is 4. The maximum atomic E-state index is 12.4. The second-order valence-corrected chi connectivity index (χ2v) is 6.48. The van der Waals surface area contributed by atoms with Crippen molar-refractivity contribution in [3.8, 4) is 5.75 Å². The van der Waals surface area contributed by atoms with Gasteiger partial charge in [-0.05, 0) is 25.8 Å². The second-order valence-electron chi connectivity index (χ2n) is 6.48. The number of hydrogen-bond donors (Lipinski definition) is 2. The minimum absolute atomic E-state index is 0.0526. The Morgan fingerprint density at radius 1 is 1.24 bits per heavy atom. The Balaban J connectivity index is 1.64.